The van der Waals surface area contributed by atoms with Crippen molar-refractivity contribution in [2.45, 2.75) is 30.3 Å². The van der Waals surface area contributed by atoms with Gasteiger partial charge < -0.3 is 9.15 Å². The van der Waals surface area contributed by atoms with Crippen molar-refractivity contribution in [3.05, 3.63) is 53.0 Å². The van der Waals surface area contributed by atoms with Crippen molar-refractivity contribution in [3.63, 3.8) is 0 Å². The van der Waals surface area contributed by atoms with Crippen molar-refractivity contribution in [1.82, 2.24) is 15.2 Å². The predicted molar refractivity (Wildman–Crippen MR) is 99.2 cm³/mol. The number of hydrogen-bond acceptors (Lipinski definition) is 7. The number of rotatable bonds is 5. The molecule has 2 heterocycles. The monoisotopic (exact) mass is 420 g/mol. The molecule has 2 aromatic heterocycles. The van der Waals surface area contributed by atoms with Crippen LogP contribution in [-0.4, -0.2) is 22.3 Å². The molecule has 1 unspecified atom stereocenters. The Morgan fingerprint density at radius 2 is 1.90 bits per heavy atom. The fourth-order valence-corrected chi connectivity index (χ4v) is 3.53. The van der Waals surface area contributed by atoms with Gasteiger partial charge in [-0.05, 0) is 44.2 Å². The van der Waals surface area contributed by atoms with Crippen LogP contribution in [0.15, 0.2) is 39.8 Å². The molecule has 0 aliphatic heterocycles. The first-order valence-corrected chi connectivity index (χ1v) is 9.24. The van der Waals surface area contributed by atoms with Gasteiger partial charge in [-0.25, -0.2) is 4.98 Å². The van der Waals surface area contributed by atoms with Gasteiger partial charge in [-0.15, -0.1) is 10.2 Å². The molecule has 0 saturated carbocycles. The van der Waals surface area contributed by atoms with Gasteiger partial charge >= 0.3 is 6.18 Å². The number of benzene rings is 1. The van der Waals surface area contributed by atoms with E-state index in [2.05, 4.69) is 15.2 Å². The van der Waals surface area contributed by atoms with Gasteiger partial charge in [0, 0.05) is 11.3 Å². The SMILES string of the molecule is COc1ccc(-c2nnc(C(C)Sc3nc(C)cc(C(F)(F)F)c3C#N)o2)cc1. The number of nitriles is 1. The molecular formula is C19H15F3N4O2S. The molecule has 3 aromatic rings. The summed E-state index contributed by atoms with van der Waals surface area (Å²) in [5.74, 6) is 1.15. The molecule has 0 saturated heterocycles. The second-order valence-electron chi connectivity index (χ2n) is 6.03. The lowest BCUT2D eigenvalue weighted by Gasteiger charge is -2.14. The summed E-state index contributed by atoms with van der Waals surface area (Å²) in [5, 5.41) is 16.7. The Morgan fingerprint density at radius 3 is 2.48 bits per heavy atom. The molecule has 0 radical (unpaired) electrons. The molecule has 0 spiro atoms. The minimum absolute atomic E-state index is 0.0310. The fourth-order valence-electron chi connectivity index (χ4n) is 2.53. The van der Waals surface area contributed by atoms with Gasteiger partial charge in [0.15, 0.2) is 0 Å². The highest BCUT2D eigenvalue weighted by atomic mass is 32.2. The van der Waals surface area contributed by atoms with Gasteiger partial charge in [0.2, 0.25) is 11.8 Å². The molecule has 3 rings (SSSR count). The maximum atomic E-state index is 13.3. The molecule has 1 aromatic carbocycles. The molecule has 6 nitrogen and oxygen atoms in total. The summed E-state index contributed by atoms with van der Waals surface area (Å²) < 4.78 is 50.5. The average Bonchev–Trinajstić information content (AvgIpc) is 3.17. The molecular weight excluding hydrogens is 405 g/mol. The van der Waals surface area contributed by atoms with E-state index in [9.17, 15) is 18.4 Å². The molecule has 10 heteroatoms. The van der Waals surface area contributed by atoms with Crippen molar-refractivity contribution in [2.75, 3.05) is 7.11 Å². The second-order valence-corrected chi connectivity index (χ2v) is 7.36. The minimum Gasteiger partial charge on any atom is -0.497 e. The average molecular weight is 420 g/mol. The summed E-state index contributed by atoms with van der Waals surface area (Å²) in [6, 6.07) is 9.46. The molecule has 29 heavy (non-hydrogen) atoms. The summed E-state index contributed by atoms with van der Waals surface area (Å²) in [7, 11) is 1.55. The summed E-state index contributed by atoms with van der Waals surface area (Å²) in [6.45, 7) is 3.13. The number of alkyl halides is 3. The van der Waals surface area contributed by atoms with E-state index in [1.807, 2.05) is 0 Å². The van der Waals surface area contributed by atoms with E-state index in [0.29, 0.717) is 11.3 Å². The Morgan fingerprint density at radius 1 is 1.21 bits per heavy atom. The van der Waals surface area contributed by atoms with E-state index in [1.54, 1.807) is 44.4 Å². The maximum absolute atomic E-state index is 13.3. The van der Waals surface area contributed by atoms with Gasteiger partial charge in [-0.3, -0.25) is 0 Å². The topological polar surface area (TPSA) is 84.8 Å². The Balaban J connectivity index is 1.88. The maximum Gasteiger partial charge on any atom is 0.417 e. The Labute approximate surface area is 168 Å². The first-order chi connectivity index (χ1) is 13.7. The highest BCUT2D eigenvalue weighted by Crippen LogP contribution is 2.40. The van der Waals surface area contributed by atoms with E-state index in [1.165, 1.54) is 6.92 Å². The Kier molecular flexibility index (Phi) is 5.79. The highest BCUT2D eigenvalue weighted by Gasteiger charge is 2.36. The number of ether oxygens (including phenoxy) is 1. The van der Waals surface area contributed by atoms with Gasteiger partial charge in [-0.1, -0.05) is 11.8 Å². The molecule has 0 bridgehead atoms. The lowest BCUT2D eigenvalue weighted by molar-refractivity contribution is -0.138. The van der Waals surface area contributed by atoms with Crippen molar-refractivity contribution >= 4 is 11.8 Å². The van der Waals surface area contributed by atoms with E-state index in [4.69, 9.17) is 9.15 Å². The Bertz CT molecular complexity index is 1060. The van der Waals surface area contributed by atoms with E-state index >= 15 is 0 Å². The number of nitrogens with zero attached hydrogens (tertiary/aromatic N) is 4. The quantitative estimate of drug-likeness (QED) is 0.525. The van der Waals surface area contributed by atoms with E-state index < -0.39 is 22.6 Å². The summed E-state index contributed by atoms with van der Waals surface area (Å²) >= 11 is 0.957. The van der Waals surface area contributed by atoms with Gasteiger partial charge in [0.1, 0.15) is 16.8 Å². The normalized spacial score (nSPS) is 12.4. The van der Waals surface area contributed by atoms with Gasteiger partial charge in [-0.2, -0.15) is 18.4 Å². The number of pyridine rings is 1. The van der Waals surface area contributed by atoms with Crippen LogP contribution < -0.4 is 4.74 Å². The standard InChI is InChI=1S/C19H15F3N4O2S/c1-10-8-15(19(20,21)22)14(9-23)18(24-10)29-11(2)16-25-26-17(28-16)12-4-6-13(27-3)7-5-12/h4-8,11H,1-3H3. The lowest BCUT2D eigenvalue weighted by Crippen LogP contribution is -2.11. The van der Waals surface area contributed by atoms with Crippen LogP contribution >= 0.6 is 11.8 Å². The summed E-state index contributed by atoms with van der Waals surface area (Å²) in [6.07, 6.45) is -4.65. The van der Waals surface area contributed by atoms with Crippen LogP contribution in [0.5, 0.6) is 5.75 Å². The first-order valence-electron chi connectivity index (χ1n) is 8.36. The van der Waals surface area contributed by atoms with Crippen molar-refractivity contribution < 1.29 is 22.3 Å². The molecule has 0 amide bonds. The zero-order valence-corrected chi connectivity index (χ0v) is 16.4. The number of aromatic nitrogens is 3. The van der Waals surface area contributed by atoms with Crippen LogP contribution in [0.3, 0.4) is 0 Å². The highest BCUT2D eigenvalue weighted by molar-refractivity contribution is 7.99. The number of thioether (sulfide) groups is 1. The van der Waals surface area contributed by atoms with E-state index in [0.717, 1.165) is 17.8 Å². The Hall–Kier alpha value is -3.06. The first kappa shape index (κ1) is 20.7. The van der Waals surface area contributed by atoms with Crippen molar-refractivity contribution in [1.29, 1.82) is 5.26 Å². The molecule has 1 atom stereocenters. The molecule has 0 fully saturated rings. The van der Waals surface area contributed by atoms with Gasteiger partial charge in [0.25, 0.3) is 0 Å². The van der Waals surface area contributed by atoms with Crippen LogP contribution in [0.25, 0.3) is 11.5 Å². The number of methoxy groups -OCH3 is 1. The van der Waals surface area contributed by atoms with Crippen LogP contribution in [0.4, 0.5) is 13.2 Å². The third kappa shape index (κ3) is 4.51. The zero-order chi connectivity index (χ0) is 21.2. The molecule has 150 valence electrons. The van der Waals surface area contributed by atoms with Crippen molar-refractivity contribution in [3.8, 4) is 23.3 Å². The third-order valence-electron chi connectivity index (χ3n) is 3.95. The molecule has 0 aliphatic rings. The second kappa shape index (κ2) is 8.13. The summed E-state index contributed by atoms with van der Waals surface area (Å²) in [5.41, 5.74) is -0.690. The van der Waals surface area contributed by atoms with Crippen LogP contribution in [0.2, 0.25) is 0 Å². The lowest BCUT2D eigenvalue weighted by atomic mass is 10.1. The smallest absolute Gasteiger partial charge is 0.417 e. The van der Waals surface area contributed by atoms with E-state index in [-0.39, 0.29) is 22.5 Å². The van der Waals surface area contributed by atoms with Crippen LogP contribution in [0.1, 0.15) is 34.9 Å². The van der Waals surface area contributed by atoms with Crippen molar-refractivity contribution in [2.24, 2.45) is 0 Å². The molecule has 0 aliphatic carbocycles. The molecule has 0 N–H and O–H groups in total. The fraction of sp³-hybridized carbons (Fsp3) is 0.263. The minimum atomic E-state index is -4.65. The van der Waals surface area contributed by atoms with Crippen LogP contribution in [-0.2, 0) is 6.18 Å². The number of hydrogen-bond donors (Lipinski definition) is 0. The van der Waals surface area contributed by atoms with Crippen LogP contribution in [0, 0.1) is 18.3 Å². The number of halogens is 3. The summed E-state index contributed by atoms with van der Waals surface area (Å²) in [4.78, 5) is 4.10. The van der Waals surface area contributed by atoms with Gasteiger partial charge in [0.05, 0.1) is 23.5 Å². The zero-order valence-electron chi connectivity index (χ0n) is 15.6. The largest absolute Gasteiger partial charge is 0.497 e. The third-order valence-corrected chi connectivity index (χ3v) is 5.02. The predicted octanol–water partition coefficient (Wildman–Crippen LogP) is 5.19. The number of aryl methyl sites for hydroxylation is 1.